The van der Waals surface area contributed by atoms with Gasteiger partial charge in [0.25, 0.3) is 0 Å². The zero-order valence-corrected chi connectivity index (χ0v) is 13.1. The average Bonchev–Trinajstić information content (AvgIpc) is 2.59. The van der Waals surface area contributed by atoms with E-state index in [-0.39, 0.29) is 0 Å². The number of benzene rings is 1. The lowest BCUT2D eigenvalue weighted by molar-refractivity contribution is 0.270. The molecule has 1 N–H and O–H groups in total. The number of nitrogens with one attached hydrogen (secondary N) is 1. The van der Waals surface area contributed by atoms with Gasteiger partial charge in [-0.1, -0.05) is 25.1 Å². The van der Waals surface area contributed by atoms with Gasteiger partial charge in [0, 0.05) is 38.1 Å². The second kappa shape index (κ2) is 6.75. The van der Waals surface area contributed by atoms with Gasteiger partial charge >= 0.3 is 0 Å². The molecule has 2 aromatic rings. The van der Waals surface area contributed by atoms with Gasteiger partial charge in [-0.25, -0.2) is 4.98 Å². The van der Waals surface area contributed by atoms with Gasteiger partial charge in [-0.3, -0.25) is 0 Å². The van der Waals surface area contributed by atoms with Crippen LogP contribution in [0.4, 0.5) is 11.8 Å². The van der Waals surface area contributed by atoms with Crippen LogP contribution in [0.2, 0.25) is 0 Å². The molecule has 0 radical (unpaired) electrons. The lowest BCUT2D eigenvalue weighted by Crippen LogP contribution is -2.46. The highest BCUT2D eigenvalue weighted by molar-refractivity contribution is 5.90. The third kappa shape index (κ3) is 3.04. The standard InChI is InChI=1S/C17H23N5/c1-3-9-18-16-14-7-5-6-8-15(14)19-17(20-16)22-12-10-21(4-2)11-13-22/h3,5-8H,1,4,9-13H2,2H3,(H,18,19,20). The van der Waals surface area contributed by atoms with E-state index in [0.29, 0.717) is 6.54 Å². The van der Waals surface area contributed by atoms with Gasteiger partial charge in [0.1, 0.15) is 5.82 Å². The van der Waals surface area contributed by atoms with Crippen molar-refractivity contribution < 1.29 is 0 Å². The van der Waals surface area contributed by atoms with Gasteiger partial charge in [0.2, 0.25) is 5.95 Å². The SMILES string of the molecule is C=CCNc1nc(N2CCN(CC)CC2)nc2ccccc12. The summed E-state index contributed by atoms with van der Waals surface area (Å²) in [7, 11) is 0. The third-order valence-electron chi connectivity index (χ3n) is 4.11. The maximum Gasteiger partial charge on any atom is 0.227 e. The number of para-hydroxylation sites is 1. The topological polar surface area (TPSA) is 44.3 Å². The van der Waals surface area contributed by atoms with E-state index in [2.05, 4.69) is 34.7 Å². The molecule has 0 bridgehead atoms. The van der Waals surface area contributed by atoms with Crippen LogP contribution in [0.25, 0.3) is 10.9 Å². The number of hydrogen-bond donors (Lipinski definition) is 1. The summed E-state index contributed by atoms with van der Waals surface area (Å²) in [6, 6.07) is 8.14. The molecule has 0 spiro atoms. The Hall–Kier alpha value is -2.14. The van der Waals surface area contributed by atoms with E-state index in [9.17, 15) is 0 Å². The molecule has 5 heteroatoms. The predicted octanol–water partition coefficient (Wildman–Crippen LogP) is 2.37. The maximum atomic E-state index is 4.75. The molecule has 1 aliphatic heterocycles. The van der Waals surface area contributed by atoms with E-state index in [4.69, 9.17) is 9.97 Å². The molecule has 0 unspecified atom stereocenters. The minimum Gasteiger partial charge on any atom is -0.366 e. The molecule has 0 amide bonds. The molecule has 1 saturated heterocycles. The second-order valence-corrected chi connectivity index (χ2v) is 5.48. The van der Waals surface area contributed by atoms with Crippen LogP contribution < -0.4 is 10.2 Å². The molecule has 0 saturated carbocycles. The Labute approximate surface area is 131 Å². The molecule has 3 rings (SSSR count). The molecule has 1 aliphatic rings. The van der Waals surface area contributed by atoms with Gasteiger partial charge in [-0.2, -0.15) is 4.98 Å². The Balaban J connectivity index is 1.91. The molecule has 1 aromatic carbocycles. The fourth-order valence-corrected chi connectivity index (χ4v) is 2.77. The van der Waals surface area contributed by atoms with Crippen molar-refractivity contribution in [2.45, 2.75) is 6.92 Å². The lowest BCUT2D eigenvalue weighted by Gasteiger charge is -2.34. The summed E-state index contributed by atoms with van der Waals surface area (Å²) in [4.78, 5) is 14.2. The smallest absolute Gasteiger partial charge is 0.227 e. The highest BCUT2D eigenvalue weighted by Crippen LogP contribution is 2.23. The number of fused-ring (bicyclic) bond motifs is 1. The van der Waals surface area contributed by atoms with Crippen LogP contribution in [0, 0.1) is 0 Å². The van der Waals surface area contributed by atoms with Crippen molar-refractivity contribution in [1.82, 2.24) is 14.9 Å². The molecular weight excluding hydrogens is 274 g/mol. The van der Waals surface area contributed by atoms with E-state index in [1.165, 1.54) is 0 Å². The van der Waals surface area contributed by atoms with E-state index >= 15 is 0 Å². The van der Waals surface area contributed by atoms with Crippen LogP contribution in [0.1, 0.15) is 6.92 Å². The molecule has 22 heavy (non-hydrogen) atoms. The van der Waals surface area contributed by atoms with Crippen LogP contribution in [-0.2, 0) is 0 Å². The van der Waals surface area contributed by atoms with Gasteiger partial charge in [-0.15, -0.1) is 6.58 Å². The summed E-state index contributed by atoms with van der Waals surface area (Å²) in [5.74, 6) is 1.71. The van der Waals surface area contributed by atoms with Gasteiger partial charge < -0.3 is 15.1 Å². The van der Waals surface area contributed by atoms with E-state index in [1.807, 2.05) is 24.3 Å². The van der Waals surface area contributed by atoms with Crippen molar-refractivity contribution in [2.24, 2.45) is 0 Å². The number of hydrogen-bond acceptors (Lipinski definition) is 5. The summed E-state index contributed by atoms with van der Waals surface area (Å²) < 4.78 is 0. The highest BCUT2D eigenvalue weighted by atomic mass is 15.3. The zero-order chi connectivity index (χ0) is 15.4. The first kappa shape index (κ1) is 14.8. The Kier molecular flexibility index (Phi) is 4.53. The molecule has 116 valence electrons. The first-order valence-corrected chi connectivity index (χ1v) is 7.90. The van der Waals surface area contributed by atoms with Crippen molar-refractivity contribution in [3.63, 3.8) is 0 Å². The Bertz CT molecular complexity index is 647. The number of likely N-dealkylation sites (N-methyl/N-ethyl adjacent to an activating group) is 1. The number of piperazine rings is 1. The fraction of sp³-hybridized carbons (Fsp3) is 0.412. The molecule has 0 aliphatic carbocycles. The second-order valence-electron chi connectivity index (χ2n) is 5.48. The van der Waals surface area contributed by atoms with Gasteiger partial charge in [-0.05, 0) is 18.7 Å². The first-order chi connectivity index (χ1) is 10.8. The molecule has 1 aromatic heterocycles. The van der Waals surface area contributed by atoms with Gasteiger partial charge in [0.05, 0.1) is 5.52 Å². The van der Waals surface area contributed by atoms with Crippen molar-refractivity contribution in [2.75, 3.05) is 49.5 Å². The van der Waals surface area contributed by atoms with Gasteiger partial charge in [0.15, 0.2) is 0 Å². The van der Waals surface area contributed by atoms with E-state index in [1.54, 1.807) is 0 Å². The fourth-order valence-electron chi connectivity index (χ4n) is 2.77. The van der Waals surface area contributed by atoms with E-state index in [0.717, 1.165) is 55.4 Å². The van der Waals surface area contributed by atoms with Crippen LogP contribution in [-0.4, -0.2) is 54.1 Å². The highest BCUT2D eigenvalue weighted by Gasteiger charge is 2.19. The molecule has 0 atom stereocenters. The van der Waals surface area contributed by atoms with Crippen LogP contribution in [0.15, 0.2) is 36.9 Å². The molecule has 2 heterocycles. The minimum absolute atomic E-state index is 0.698. The average molecular weight is 297 g/mol. The normalized spacial score (nSPS) is 16.0. The number of nitrogens with zero attached hydrogens (tertiary/aromatic N) is 4. The van der Waals surface area contributed by atoms with Crippen molar-refractivity contribution in [1.29, 1.82) is 0 Å². The summed E-state index contributed by atoms with van der Waals surface area (Å²) >= 11 is 0. The summed E-state index contributed by atoms with van der Waals surface area (Å²) in [5.41, 5.74) is 0.983. The van der Waals surface area contributed by atoms with Crippen molar-refractivity contribution in [3.05, 3.63) is 36.9 Å². The zero-order valence-electron chi connectivity index (χ0n) is 13.1. The largest absolute Gasteiger partial charge is 0.366 e. The lowest BCUT2D eigenvalue weighted by atomic mass is 10.2. The number of rotatable bonds is 5. The molecule has 5 nitrogen and oxygen atoms in total. The Morgan fingerprint density at radius 3 is 2.68 bits per heavy atom. The predicted molar refractivity (Wildman–Crippen MR) is 92.6 cm³/mol. The number of aromatic nitrogens is 2. The quantitative estimate of drug-likeness (QED) is 0.858. The maximum absolute atomic E-state index is 4.75. The summed E-state index contributed by atoms with van der Waals surface area (Å²) in [6.07, 6.45) is 1.84. The Morgan fingerprint density at radius 1 is 1.18 bits per heavy atom. The van der Waals surface area contributed by atoms with Crippen LogP contribution in [0.3, 0.4) is 0 Å². The third-order valence-corrected chi connectivity index (χ3v) is 4.11. The van der Waals surface area contributed by atoms with Crippen LogP contribution in [0.5, 0.6) is 0 Å². The molecule has 1 fully saturated rings. The van der Waals surface area contributed by atoms with E-state index < -0.39 is 0 Å². The summed E-state index contributed by atoms with van der Waals surface area (Å²) in [6.45, 7) is 11.9. The number of anilines is 2. The van der Waals surface area contributed by atoms with Crippen molar-refractivity contribution >= 4 is 22.7 Å². The minimum atomic E-state index is 0.698. The molecular formula is C17H23N5. The summed E-state index contributed by atoms with van der Waals surface area (Å²) in [5, 5.41) is 4.39. The van der Waals surface area contributed by atoms with Crippen molar-refractivity contribution in [3.8, 4) is 0 Å². The van der Waals surface area contributed by atoms with Crippen LogP contribution >= 0.6 is 0 Å². The monoisotopic (exact) mass is 297 g/mol. The Morgan fingerprint density at radius 2 is 1.95 bits per heavy atom. The first-order valence-electron chi connectivity index (χ1n) is 7.90.